The van der Waals surface area contributed by atoms with Gasteiger partial charge in [0, 0.05) is 24.3 Å². The minimum absolute atomic E-state index is 0.0972. The molecule has 214 valence electrons. The zero-order chi connectivity index (χ0) is 28.2. The minimum atomic E-state index is -0.152. The van der Waals surface area contributed by atoms with Crippen molar-refractivity contribution in [2.24, 2.45) is 0 Å². The molecule has 0 amide bonds. The van der Waals surface area contributed by atoms with Gasteiger partial charge in [0.05, 0.1) is 0 Å². The van der Waals surface area contributed by atoms with E-state index in [1.165, 1.54) is 88.3 Å². The van der Waals surface area contributed by atoms with Crippen LogP contribution in [0.5, 0.6) is 5.75 Å². The van der Waals surface area contributed by atoms with Gasteiger partial charge in [-0.2, -0.15) is 0 Å². The summed E-state index contributed by atoms with van der Waals surface area (Å²) in [5.41, 5.74) is 5.49. The summed E-state index contributed by atoms with van der Waals surface area (Å²) in [4.78, 5) is 2.62. The van der Waals surface area contributed by atoms with E-state index in [4.69, 9.17) is 0 Å². The third-order valence-corrected chi connectivity index (χ3v) is 7.84. The number of anilines is 1. The smallest absolute Gasteiger partial charge is 0.123 e. The summed E-state index contributed by atoms with van der Waals surface area (Å²) < 4.78 is 0. The maximum Gasteiger partial charge on any atom is 0.123 e. The predicted octanol–water partition coefficient (Wildman–Crippen LogP) is 11.2. The number of unbranched alkanes of at least 4 members (excludes halogenated alkanes) is 10. The number of benzene rings is 2. The lowest BCUT2D eigenvalue weighted by Crippen LogP contribution is -2.25. The summed E-state index contributed by atoms with van der Waals surface area (Å²) >= 11 is 0. The van der Waals surface area contributed by atoms with Gasteiger partial charge < -0.3 is 10.0 Å². The van der Waals surface area contributed by atoms with E-state index in [0.717, 1.165) is 29.8 Å². The molecule has 0 bridgehead atoms. The van der Waals surface area contributed by atoms with Gasteiger partial charge in [-0.1, -0.05) is 144 Å². The molecule has 0 saturated carbocycles. The molecule has 0 aromatic heterocycles. The molecule has 0 fully saturated rings. The molecule has 0 unspecified atom stereocenters. The van der Waals surface area contributed by atoms with Gasteiger partial charge in [0.15, 0.2) is 0 Å². The van der Waals surface area contributed by atoms with Crippen molar-refractivity contribution in [2.75, 3.05) is 18.0 Å². The normalized spacial score (nSPS) is 12.2. The first kappa shape index (κ1) is 32.3. The quantitative estimate of drug-likeness (QED) is 0.222. The molecule has 2 heteroatoms. The van der Waals surface area contributed by atoms with Crippen LogP contribution in [0.3, 0.4) is 0 Å². The van der Waals surface area contributed by atoms with Gasteiger partial charge in [0.25, 0.3) is 0 Å². The van der Waals surface area contributed by atoms with Gasteiger partial charge in [-0.05, 0) is 52.5 Å². The van der Waals surface area contributed by atoms with E-state index in [0.29, 0.717) is 5.75 Å². The fourth-order valence-electron chi connectivity index (χ4n) is 5.58. The van der Waals surface area contributed by atoms with Crippen LogP contribution in [0.2, 0.25) is 0 Å². The van der Waals surface area contributed by atoms with Gasteiger partial charge in [0.1, 0.15) is 5.75 Å². The molecule has 0 atom stereocenters. The summed E-state index contributed by atoms with van der Waals surface area (Å²) in [6, 6.07) is 13.5. The van der Waals surface area contributed by atoms with Crippen LogP contribution in [0.15, 0.2) is 36.4 Å². The lowest BCUT2D eigenvalue weighted by atomic mass is 9.76. The van der Waals surface area contributed by atoms with Gasteiger partial charge in [0.2, 0.25) is 0 Å². The van der Waals surface area contributed by atoms with E-state index in [9.17, 15) is 5.11 Å². The molecular weight excluding hydrogens is 462 g/mol. The van der Waals surface area contributed by atoms with Crippen LogP contribution in [-0.4, -0.2) is 18.2 Å². The average molecular weight is 522 g/mol. The summed E-state index contributed by atoms with van der Waals surface area (Å²) in [5, 5.41) is 11.4. The number of rotatable bonds is 16. The van der Waals surface area contributed by atoms with Crippen LogP contribution in [-0.2, 0) is 10.8 Å². The van der Waals surface area contributed by atoms with Crippen molar-refractivity contribution in [2.45, 2.75) is 143 Å². The largest absolute Gasteiger partial charge is 0.507 e. The Labute approximate surface area is 236 Å². The molecule has 2 aromatic carbocycles. The number of hydrogen-bond acceptors (Lipinski definition) is 2. The molecule has 2 aromatic rings. The number of aromatic hydroxyl groups is 1. The van der Waals surface area contributed by atoms with Gasteiger partial charge in [-0.15, -0.1) is 0 Å². The van der Waals surface area contributed by atoms with Crippen LogP contribution >= 0.6 is 0 Å². The lowest BCUT2D eigenvalue weighted by molar-refractivity contribution is 0.424. The molecule has 2 rings (SSSR count). The highest BCUT2D eigenvalue weighted by molar-refractivity contribution is 5.74. The Kier molecular flexibility index (Phi) is 13.2. The highest BCUT2D eigenvalue weighted by Crippen LogP contribution is 2.44. The number of phenolic OH excluding ortho intramolecular Hbond substituents is 1. The number of phenols is 1. The maximum absolute atomic E-state index is 11.4. The van der Waals surface area contributed by atoms with Crippen molar-refractivity contribution in [1.82, 2.24) is 0 Å². The van der Waals surface area contributed by atoms with E-state index in [2.05, 4.69) is 96.7 Å². The highest BCUT2D eigenvalue weighted by atomic mass is 16.3. The van der Waals surface area contributed by atoms with E-state index in [1.807, 2.05) is 0 Å². The third kappa shape index (κ3) is 9.97. The molecule has 0 spiro atoms. The van der Waals surface area contributed by atoms with Crippen LogP contribution < -0.4 is 4.90 Å². The Hall–Kier alpha value is -1.96. The third-order valence-electron chi connectivity index (χ3n) is 7.84. The van der Waals surface area contributed by atoms with E-state index < -0.39 is 0 Å². The Bertz CT molecular complexity index is 914. The molecule has 0 aliphatic carbocycles. The Morgan fingerprint density at radius 2 is 1.05 bits per heavy atom. The van der Waals surface area contributed by atoms with E-state index in [1.54, 1.807) is 0 Å². The molecule has 0 saturated heterocycles. The first-order valence-electron chi connectivity index (χ1n) is 15.7. The number of nitrogens with zero attached hydrogens (tertiary/aromatic N) is 1. The SMILES string of the molecule is CCCCCCCCN(CCCCCCCC)c1ccc(-c2ccc(C(C)(C)C)c(O)c2C(C)(C)C)cc1. The fourth-order valence-corrected chi connectivity index (χ4v) is 5.58. The second-order valence-corrected chi connectivity index (χ2v) is 13.5. The number of hydrogen-bond donors (Lipinski definition) is 1. The zero-order valence-electron chi connectivity index (χ0n) is 26.3. The molecule has 0 aliphatic heterocycles. The maximum atomic E-state index is 11.4. The molecule has 0 aliphatic rings. The Balaban J connectivity index is 2.23. The second-order valence-electron chi connectivity index (χ2n) is 13.5. The molecule has 2 nitrogen and oxygen atoms in total. The van der Waals surface area contributed by atoms with Crippen molar-refractivity contribution < 1.29 is 5.11 Å². The zero-order valence-corrected chi connectivity index (χ0v) is 26.3. The van der Waals surface area contributed by atoms with E-state index in [-0.39, 0.29) is 10.8 Å². The van der Waals surface area contributed by atoms with Crippen molar-refractivity contribution in [1.29, 1.82) is 0 Å². The van der Waals surface area contributed by atoms with Crippen molar-refractivity contribution in [3.63, 3.8) is 0 Å². The van der Waals surface area contributed by atoms with Gasteiger partial charge in [-0.25, -0.2) is 0 Å². The summed E-state index contributed by atoms with van der Waals surface area (Å²) in [7, 11) is 0. The monoisotopic (exact) mass is 521 g/mol. The van der Waals surface area contributed by atoms with Crippen LogP contribution in [0.25, 0.3) is 11.1 Å². The second kappa shape index (κ2) is 15.6. The molecule has 0 radical (unpaired) electrons. The molecular formula is C36H59NO. The van der Waals surface area contributed by atoms with Gasteiger partial charge in [-0.3, -0.25) is 0 Å². The first-order chi connectivity index (χ1) is 18.0. The Morgan fingerprint density at radius 3 is 1.50 bits per heavy atom. The lowest BCUT2D eigenvalue weighted by Gasteiger charge is -2.30. The van der Waals surface area contributed by atoms with Crippen LogP contribution in [0, 0.1) is 0 Å². The summed E-state index contributed by atoms with van der Waals surface area (Å²) in [6.45, 7) is 20.0. The van der Waals surface area contributed by atoms with Crippen molar-refractivity contribution in [3.8, 4) is 16.9 Å². The fraction of sp³-hybridized carbons (Fsp3) is 0.667. The van der Waals surface area contributed by atoms with Crippen molar-refractivity contribution >= 4 is 5.69 Å². The highest BCUT2D eigenvalue weighted by Gasteiger charge is 2.28. The van der Waals surface area contributed by atoms with Crippen LogP contribution in [0.4, 0.5) is 5.69 Å². The summed E-state index contributed by atoms with van der Waals surface area (Å²) in [6.07, 6.45) is 16.0. The minimum Gasteiger partial charge on any atom is -0.507 e. The topological polar surface area (TPSA) is 23.5 Å². The molecule has 1 N–H and O–H groups in total. The van der Waals surface area contributed by atoms with Crippen molar-refractivity contribution in [3.05, 3.63) is 47.5 Å². The Morgan fingerprint density at radius 1 is 0.579 bits per heavy atom. The predicted molar refractivity (Wildman–Crippen MR) is 170 cm³/mol. The summed E-state index contributed by atoms with van der Waals surface area (Å²) in [5.74, 6) is 0.458. The standard InChI is InChI=1S/C36H59NO/c1-9-11-13-15-17-19-27-37(28-20-18-16-14-12-10-2)30-23-21-29(22-24-30)31-25-26-32(35(3,4)5)34(38)33(31)36(6,7)8/h21-26,38H,9-20,27-28H2,1-8H3. The first-order valence-corrected chi connectivity index (χ1v) is 15.7. The van der Waals surface area contributed by atoms with Crippen LogP contribution in [0.1, 0.15) is 144 Å². The molecule has 38 heavy (non-hydrogen) atoms. The average Bonchev–Trinajstić information content (AvgIpc) is 2.85. The van der Waals surface area contributed by atoms with E-state index >= 15 is 0 Å². The molecule has 0 heterocycles. The van der Waals surface area contributed by atoms with Gasteiger partial charge >= 0.3 is 0 Å².